The Labute approximate surface area is 181 Å². The Balaban J connectivity index is 2.11. The van der Waals surface area contributed by atoms with Gasteiger partial charge in [-0.25, -0.2) is 4.79 Å². The monoisotopic (exact) mass is 417 g/mol. The summed E-state index contributed by atoms with van der Waals surface area (Å²) in [4.78, 5) is 35.5. The zero-order valence-electron chi connectivity index (χ0n) is 18.5. The number of aliphatic carboxylic acids is 1. The minimum Gasteiger partial charge on any atom is -0.480 e. The average Bonchev–Trinajstić information content (AvgIpc) is 2.74. The fourth-order valence-corrected chi connectivity index (χ4v) is 3.53. The number of ketones is 1. The third kappa shape index (κ3) is 12.4. The summed E-state index contributed by atoms with van der Waals surface area (Å²) in [6.07, 6.45) is 14.7. The molecule has 0 aromatic heterocycles. The van der Waals surface area contributed by atoms with Crippen molar-refractivity contribution < 1.29 is 19.5 Å². The Hall–Kier alpha value is -2.17. The van der Waals surface area contributed by atoms with E-state index in [1.807, 2.05) is 18.2 Å². The molecule has 2 N–H and O–H groups in total. The first kappa shape index (κ1) is 25.9. The van der Waals surface area contributed by atoms with Crippen molar-refractivity contribution in [2.75, 3.05) is 0 Å². The van der Waals surface area contributed by atoms with Crippen LogP contribution in [0.1, 0.15) is 96.0 Å². The van der Waals surface area contributed by atoms with Gasteiger partial charge in [0.2, 0.25) is 5.78 Å². The summed E-state index contributed by atoms with van der Waals surface area (Å²) in [5.74, 6) is -2.45. The quantitative estimate of drug-likeness (QED) is 0.245. The van der Waals surface area contributed by atoms with Gasteiger partial charge in [0.1, 0.15) is 6.04 Å². The number of Topliss-reactive ketones (excluding diaryl/α,β-unsaturated/α-hetero) is 1. The second-order valence-electron chi connectivity index (χ2n) is 8.12. The minimum absolute atomic E-state index is 0.161. The van der Waals surface area contributed by atoms with Crippen LogP contribution in [0.4, 0.5) is 0 Å². The number of carboxylic acid groups (broad SMARTS) is 1. The van der Waals surface area contributed by atoms with Gasteiger partial charge in [-0.2, -0.15) is 0 Å². The molecule has 30 heavy (non-hydrogen) atoms. The van der Waals surface area contributed by atoms with Crippen LogP contribution in [0, 0.1) is 0 Å². The number of unbranched alkanes of at least 4 members (excludes halogenated alkanes) is 11. The predicted octanol–water partition coefficient (Wildman–Crippen LogP) is 5.46. The molecule has 1 amide bonds. The highest BCUT2D eigenvalue weighted by Crippen LogP contribution is 2.12. The van der Waals surface area contributed by atoms with E-state index in [4.69, 9.17) is 0 Å². The van der Waals surface area contributed by atoms with Gasteiger partial charge < -0.3 is 10.4 Å². The summed E-state index contributed by atoms with van der Waals surface area (Å²) >= 11 is 0. The predicted molar refractivity (Wildman–Crippen MR) is 120 cm³/mol. The lowest BCUT2D eigenvalue weighted by Gasteiger charge is -2.14. The molecule has 1 atom stereocenters. The molecule has 0 aliphatic rings. The van der Waals surface area contributed by atoms with Crippen LogP contribution in [0.25, 0.3) is 0 Å². The number of benzene rings is 1. The lowest BCUT2D eigenvalue weighted by Crippen LogP contribution is -2.45. The lowest BCUT2D eigenvalue weighted by atomic mass is 10.0. The molecule has 5 nitrogen and oxygen atoms in total. The van der Waals surface area contributed by atoms with Gasteiger partial charge in [0, 0.05) is 12.8 Å². The number of carbonyl (C=O) groups is 3. The van der Waals surface area contributed by atoms with E-state index >= 15 is 0 Å². The maximum atomic E-state index is 12.1. The molecule has 0 spiro atoms. The SMILES string of the molecule is CCCCCCCCCCCCCCC(=O)C(=O)N[C@@H](Cc1ccccc1)C(=O)O. The fourth-order valence-electron chi connectivity index (χ4n) is 3.53. The van der Waals surface area contributed by atoms with Gasteiger partial charge in [-0.15, -0.1) is 0 Å². The second-order valence-corrected chi connectivity index (χ2v) is 8.12. The zero-order chi connectivity index (χ0) is 22.0. The first-order chi connectivity index (χ1) is 14.5. The smallest absolute Gasteiger partial charge is 0.326 e. The van der Waals surface area contributed by atoms with Crippen LogP contribution in [0.5, 0.6) is 0 Å². The summed E-state index contributed by atoms with van der Waals surface area (Å²) < 4.78 is 0. The molecule has 0 saturated carbocycles. The van der Waals surface area contributed by atoms with Crippen molar-refractivity contribution in [2.45, 2.75) is 103 Å². The largest absolute Gasteiger partial charge is 0.480 e. The molecule has 0 radical (unpaired) electrons. The summed E-state index contributed by atoms with van der Waals surface area (Å²) in [5, 5.41) is 11.7. The number of hydrogen-bond acceptors (Lipinski definition) is 3. The second kappa shape index (κ2) is 16.6. The number of hydrogen-bond donors (Lipinski definition) is 2. The number of carbonyl (C=O) groups excluding carboxylic acids is 2. The van der Waals surface area contributed by atoms with Crippen LogP contribution in [0.15, 0.2) is 30.3 Å². The van der Waals surface area contributed by atoms with Crippen molar-refractivity contribution in [1.29, 1.82) is 0 Å². The van der Waals surface area contributed by atoms with Crippen molar-refractivity contribution in [3.63, 3.8) is 0 Å². The van der Waals surface area contributed by atoms with Gasteiger partial charge in [0.25, 0.3) is 5.91 Å². The number of amides is 1. The Morgan fingerprint density at radius 2 is 1.30 bits per heavy atom. The average molecular weight is 418 g/mol. The van der Waals surface area contributed by atoms with Crippen LogP contribution in [0.2, 0.25) is 0 Å². The van der Waals surface area contributed by atoms with Gasteiger partial charge in [-0.1, -0.05) is 108 Å². The van der Waals surface area contributed by atoms with Crippen molar-refractivity contribution in [2.24, 2.45) is 0 Å². The van der Waals surface area contributed by atoms with E-state index < -0.39 is 23.7 Å². The van der Waals surface area contributed by atoms with Crippen LogP contribution in [-0.4, -0.2) is 28.8 Å². The highest BCUT2D eigenvalue weighted by molar-refractivity contribution is 6.36. The molecular formula is C25H39NO4. The molecule has 168 valence electrons. The third-order valence-corrected chi connectivity index (χ3v) is 5.40. The van der Waals surface area contributed by atoms with Crippen LogP contribution < -0.4 is 5.32 Å². The Bertz CT molecular complexity index is 615. The highest BCUT2D eigenvalue weighted by Gasteiger charge is 2.23. The van der Waals surface area contributed by atoms with Gasteiger partial charge in [0.15, 0.2) is 0 Å². The van der Waals surface area contributed by atoms with E-state index in [1.54, 1.807) is 12.1 Å². The molecule has 0 unspecified atom stereocenters. The maximum Gasteiger partial charge on any atom is 0.326 e. The van der Waals surface area contributed by atoms with Crippen molar-refractivity contribution in [3.8, 4) is 0 Å². The van der Waals surface area contributed by atoms with Crippen molar-refractivity contribution in [1.82, 2.24) is 5.32 Å². The van der Waals surface area contributed by atoms with E-state index in [0.29, 0.717) is 6.42 Å². The molecule has 0 bridgehead atoms. The molecule has 0 heterocycles. The molecular weight excluding hydrogens is 378 g/mol. The Morgan fingerprint density at radius 3 is 1.80 bits per heavy atom. The molecule has 5 heteroatoms. The molecule has 1 aromatic carbocycles. The maximum absolute atomic E-state index is 12.1. The summed E-state index contributed by atoms with van der Waals surface area (Å²) in [6.45, 7) is 2.23. The molecule has 1 rings (SSSR count). The van der Waals surface area contributed by atoms with Gasteiger partial charge in [-0.05, 0) is 12.0 Å². The normalized spacial score (nSPS) is 11.8. The molecule has 0 saturated heterocycles. The van der Waals surface area contributed by atoms with Gasteiger partial charge >= 0.3 is 5.97 Å². The number of carboxylic acids is 1. The molecule has 1 aromatic rings. The van der Waals surface area contributed by atoms with Gasteiger partial charge in [0.05, 0.1) is 0 Å². The first-order valence-corrected chi connectivity index (χ1v) is 11.6. The molecule has 0 aliphatic heterocycles. The van der Waals surface area contributed by atoms with E-state index in [-0.39, 0.29) is 12.8 Å². The Morgan fingerprint density at radius 1 is 0.800 bits per heavy atom. The highest BCUT2D eigenvalue weighted by atomic mass is 16.4. The summed E-state index contributed by atoms with van der Waals surface area (Å²) in [5.41, 5.74) is 0.804. The van der Waals surface area contributed by atoms with Crippen molar-refractivity contribution >= 4 is 17.7 Å². The lowest BCUT2D eigenvalue weighted by molar-refractivity contribution is -0.144. The zero-order valence-corrected chi connectivity index (χ0v) is 18.5. The third-order valence-electron chi connectivity index (χ3n) is 5.40. The summed E-state index contributed by atoms with van der Waals surface area (Å²) in [6, 6.07) is 7.98. The first-order valence-electron chi connectivity index (χ1n) is 11.6. The molecule has 0 fully saturated rings. The minimum atomic E-state index is -1.13. The van der Waals surface area contributed by atoms with Crippen LogP contribution >= 0.6 is 0 Å². The van der Waals surface area contributed by atoms with E-state index in [9.17, 15) is 19.5 Å². The fraction of sp³-hybridized carbons (Fsp3) is 0.640. The number of nitrogens with one attached hydrogen (secondary N) is 1. The van der Waals surface area contributed by atoms with Gasteiger partial charge in [-0.3, -0.25) is 9.59 Å². The van der Waals surface area contributed by atoms with E-state index in [2.05, 4.69) is 12.2 Å². The number of rotatable bonds is 18. The van der Waals surface area contributed by atoms with Crippen LogP contribution in [-0.2, 0) is 20.8 Å². The summed E-state index contributed by atoms with van der Waals surface area (Å²) in [7, 11) is 0. The van der Waals surface area contributed by atoms with E-state index in [1.165, 1.54) is 57.8 Å². The van der Waals surface area contributed by atoms with Crippen LogP contribution in [0.3, 0.4) is 0 Å². The Kier molecular flexibility index (Phi) is 14.3. The topological polar surface area (TPSA) is 83.5 Å². The standard InChI is InChI=1S/C25H39NO4/c1-2-3-4-5-6-7-8-9-10-11-12-16-19-23(27)24(28)26-22(25(29)30)20-21-17-14-13-15-18-21/h13-15,17-18,22H,2-12,16,19-20H2,1H3,(H,26,28)(H,29,30)/t22-/m0/s1. The van der Waals surface area contributed by atoms with E-state index in [0.717, 1.165) is 18.4 Å². The molecule has 0 aliphatic carbocycles. The van der Waals surface area contributed by atoms with Crippen molar-refractivity contribution in [3.05, 3.63) is 35.9 Å².